The summed E-state index contributed by atoms with van der Waals surface area (Å²) in [6.07, 6.45) is 4.52. The second kappa shape index (κ2) is 5.35. The van der Waals surface area contributed by atoms with E-state index in [2.05, 4.69) is 10.4 Å². The fraction of sp³-hybridized carbons (Fsp3) is 0.353. The number of nitrogen functional groups attached to an aromatic ring is 1. The summed E-state index contributed by atoms with van der Waals surface area (Å²) in [6, 6.07) is 9.03. The number of carbonyl (C=O) groups excluding carboxylic acids is 1. The summed E-state index contributed by atoms with van der Waals surface area (Å²) in [4.78, 5) is 12.3. The number of carbonyl (C=O) groups is 1. The van der Waals surface area contributed by atoms with Crippen LogP contribution in [0.4, 0.5) is 5.82 Å². The number of nitriles is 1. The van der Waals surface area contributed by atoms with Gasteiger partial charge in [-0.25, -0.2) is 4.68 Å². The molecule has 3 N–H and O–H groups in total. The maximum atomic E-state index is 12.3. The van der Waals surface area contributed by atoms with Gasteiger partial charge in [-0.05, 0) is 43.5 Å². The molecule has 1 aromatic heterocycles. The third-order valence-electron chi connectivity index (χ3n) is 4.65. The first-order valence-corrected chi connectivity index (χ1v) is 7.89. The predicted molar refractivity (Wildman–Crippen MR) is 86.5 cm³/mol. The lowest BCUT2D eigenvalue weighted by molar-refractivity contribution is 0.0844. The molecule has 2 heterocycles. The van der Waals surface area contributed by atoms with Gasteiger partial charge in [-0.1, -0.05) is 0 Å². The molecule has 1 aliphatic carbocycles. The van der Waals surface area contributed by atoms with Gasteiger partial charge in [0, 0.05) is 5.56 Å². The van der Waals surface area contributed by atoms with Gasteiger partial charge in [0.1, 0.15) is 17.5 Å². The average molecular weight is 323 g/mol. The Morgan fingerprint density at radius 2 is 2.17 bits per heavy atom. The van der Waals surface area contributed by atoms with Crippen LogP contribution in [-0.2, 0) is 4.74 Å². The lowest BCUT2D eigenvalue weighted by Gasteiger charge is -2.11. The number of aromatic nitrogens is 2. The van der Waals surface area contributed by atoms with Gasteiger partial charge >= 0.3 is 0 Å². The average Bonchev–Trinajstić information content (AvgIpc) is 3.07. The zero-order valence-corrected chi connectivity index (χ0v) is 13.0. The highest BCUT2D eigenvalue weighted by Gasteiger charge is 2.50. The number of nitrogens with two attached hydrogens (primary N) is 1. The molecule has 24 heavy (non-hydrogen) atoms. The minimum absolute atomic E-state index is 0.0534. The van der Waals surface area contributed by atoms with Crippen molar-refractivity contribution < 1.29 is 9.53 Å². The molecule has 1 amide bonds. The lowest BCUT2D eigenvalue weighted by Crippen LogP contribution is -2.35. The molecular formula is C17H17N5O2. The summed E-state index contributed by atoms with van der Waals surface area (Å²) in [7, 11) is 0. The normalized spacial score (nSPS) is 20.7. The van der Waals surface area contributed by atoms with Crippen LogP contribution in [0.25, 0.3) is 5.69 Å². The van der Waals surface area contributed by atoms with Crippen LogP contribution < -0.4 is 11.1 Å². The van der Waals surface area contributed by atoms with Crippen LogP contribution in [0, 0.1) is 11.3 Å². The zero-order chi connectivity index (χ0) is 16.7. The number of ether oxygens (including phenoxy) is 1. The number of amides is 1. The maximum absolute atomic E-state index is 12.3. The van der Waals surface area contributed by atoms with Crippen molar-refractivity contribution in [3.05, 3.63) is 41.6 Å². The van der Waals surface area contributed by atoms with Crippen LogP contribution in [0.3, 0.4) is 0 Å². The van der Waals surface area contributed by atoms with Crippen molar-refractivity contribution in [1.82, 2.24) is 15.1 Å². The summed E-state index contributed by atoms with van der Waals surface area (Å²) in [6.45, 7) is 0.588. The first kappa shape index (κ1) is 14.7. The molecule has 7 nitrogen and oxygen atoms in total. The minimum Gasteiger partial charge on any atom is -0.382 e. The predicted octanol–water partition coefficient (Wildman–Crippen LogP) is 1.38. The van der Waals surface area contributed by atoms with Gasteiger partial charge in [-0.15, -0.1) is 0 Å². The van der Waals surface area contributed by atoms with E-state index in [4.69, 9.17) is 15.7 Å². The molecule has 1 saturated carbocycles. The zero-order valence-electron chi connectivity index (χ0n) is 13.0. The number of hydrogen-bond donors (Lipinski definition) is 2. The Balaban J connectivity index is 1.46. The van der Waals surface area contributed by atoms with Gasteiger partial charge in [-0.3, -0.25) is 4.79 Å². The third kappa shape index (κ3) is 2.51. The molecule has 0 bridgehead atoms. The van der Waals surface area contributed by atoms with Crippen LogP contribution in [0.2, 0.25) is 0 Å². The van der Waals surface area contributed by atoms with E-state index in [0.717, 1.165) is 19.3 Å². The van der Waals surface area contributed by atoms with Crippen molar-refractivity contribution in [2.24, 2.45) is 0 Å². The quantitative estimate of drug-likeness (QED) is 0.887. The Labute approximate surface area is 139 Å². The van der Waals surface area contributed by atoms with Gasteiger partial charge in [0.2, 0.25) is 0 Å². The molecule has 1 saturated heterocycles. The van der Waals surface area contributed by atoms with E-state index in [0.29, 0.717) is 23.4 Å². The summed E-state index contributed by atoms with van der Waals surface area (Å²) < 4.78 is 7.21. The molecule has 1 aliphatic heterocycles. The van der Waals surface area contributed by atoms with E-state index in [-0.39, 0.29) is 23.4 Å². The SMILES string of the molecule is N#Cc1cnn(-c2ccc(C(=O)NC3COC4(CC4)C3)cc2)c1N. The first-order chi connectivity index (χ1) is 11.6. The van der Waals surface area contributed by atoms with Gasteiger partial charge in [-0.2, -0.15) is 10.4 Å². The monoisotopic (exact) mass is 323 g/mol. The van der Waals surface area contributed by atoms with Crippen LogP contribution in [0.1, 0.15) is 35.2 Å². The Morgan fingerprint density at radius 3 is 2.75 bits per heavy atom. The molecule has 4 rings (SSSR count). The van der Waals surface area contributed by atoms with Crippen LogP contribution in [0.15, 0.2) is 30.5 Å². The molecule has 2 aromatic rings. The summed E-state index contributed by atoms with van der Waals surface area (Å²) >= 11 is 0. The number of anilines is 1. The summed E-state index contributed by atoms with van der Waals surface area (Å²) in [5, 5.41) is 16.0. The van der Waals surface area contributed by atoms with Crippen molar-refractivity contribution in [3.8, 4) is 11.8 Å². The molecule has 7 heteroatoms. The van der Waals surface area contributed by atoms with Gasteiger partial charge < -0.3 is 15.8 Å². The topological polar surface area (TPSA) is 106 Å². The van der Waals surface area contributed by atoms with Crippen molar-refractivity contribution in [3.63, 3.8) is 0 Å². The van der Waals surface area contributed by atoms with E-state index in [1.165, 1.54) is 10.9 Å². The number of benzene rings is 1. The van der Waals surface area contributed by atoms with Gasteiger partial charge in [0.25, 0.3) is 5.91 Å². The van der Waals surface area contributed by atoms with E-state index in [9.17, 15) is 4.79 Å². The molecule has 1 spiro atoms. The number of nitrogens with zero attached hydrogens (tertiary/aromatic N) is 3. The highest BCUT2D eigenvalue weighted by atomic mass is 16.5. The highest BCUT2D eigenvalue weighted by Crippen LogP contribution is 2.47. The number of rotatable bonds is 3. The molecule has 1 atom stereocenters. The van der Waals surface area contributed by atoms with Crippen molar-refractivity contribution >= 4 is 11.7 Å². The highest BCUT2D eigenvalue weighted by molar-refractivity contribution is 5.94. The number of hydrogen-bond acceptors (Lipinski definition) is 5. The smallest absolute Gasteiger partial charge is 0.251 e. The second-order valence-electron chi connectivity index (χ2n) is 6.38. The van der Waals surface area contributed by atoms with Crippen LogP contribution in [-0.4, -0.2) is 33.9 Å². The van der Waals surface area contributed by atoms with E-state index in [1.54, 1.807) is 24.3 Å². The molecule has 2 fully saturated rings. The first-order valence-electron chi connectivity index (χ1n) is 7.89. The van der Waals surface area contributed by atoms with E-state index in [1.807, 2.05) is 6.07 Å². The standard InChI is InChI=1S/C17H17N5O2/c18-8-12-9-20-22(15(12)19)14-3-1-11(2-4-14)16(23)21-13-7-17(5-6-17)24-10-13/h1-4,9,13H,5-7,10,19H2,(H,21,23). The van der Waals surface area contributed by atoms with E-state index >= 15 is 0 Å². The Morgan fingerprint density at radius 1 is 1.42 bits per heavy atom. The Hall–Kier alpha value is -2.85. The molecule has 0 radical (unpaired) electrons. The summed E-state index contributed by atoms with van der Waals surface area (Å²) in [5.41, 5.74) is 7.52. The molecule has 122 valence electrons. The number of nitrogens with one attached hydrogen (secondary N) is 1. The molecular weight excluding hydrogens is 306 g/mol. The van der Waals surface area contributed by atoms with Gasteiger partial charge in [0.05, 0.1) is 30.1 Å². The second-order valence-corrected chi connectivity index (χ2v) is 6.38. The Kier molecular flexibility index (Phi) is 3.28. The minimum atomic E-state index is -0.112. The lowest BCUT2D eigenvalue weighted by atomic mass is 10.1. The maximum Gasteiger partial charge on any atom is 0.251 e. The van der Waals surface area contributed by atoms with E-state index < -0.39 is 0 Å². The van der Waals surface area contributed by atoms with Crippen molar-refractivity contribution in [2.75, 3.05) is 12.3 Å². The molecule has 1 aromatic carbocycles. The fourth-order valence-corrected chi connectivity index (χ4v) is 3.10. The van der Waals surface area contributed by atoms with Crippen LogP contribution in [0.5, 0.6) is 0 Å². The summed E-state index contributed by atoms with van der Waals surface area (Å²) in [5.74, 6) is 0.173. The molecule has 1 unspecified atom stereocenters. The largest absolute Gasteiger partial charge is 0.382 e. The van der Waals surface area contributed by atoms with Crippen molar-refractivity contribution in [2.45, 2.75) is 30.9 Å². The van der Waals surface area contributed by atoms with Crippen molar-refractivity contribution in [1.29, 1.82) is 5.26 Å². The van der Waals surface area contributed by atoms with Gasteiger partial charge in [0.15, 0.2) is 0 Å². The Bertz CT molecular complexity index is 830. The van der Waals surface area contributed by atoms with Crippen LogP contribution >= 0.6 is 0 Å². The fourth-order valence-electron chi connectivity index (χ4n) is 3.10. The third-order valence-corrected chi connectivity index (χ3v) is 4.65. The molecule has 2 aliphatic rings.